The van der Waals surface area contributed by atoms with Crippen LogP contribution in [0.25, 0.3) is 5.65 Å². The maximum absolute atomic E-state index is 12.8. The quantitative estimate of drug-likeness (QED) is 0.732. The molecule has 4 rings (SSSR count). The van der Waals surface area contributed by atoms with Gasteiger partial charge in [0.25, 0.3) is 0 Å². The maximum atomic E-state index is 12.8. The Hall–Kier alpha value is -2.25. The molecular weight excluding hydrogens is 324 g/mol. The number of pyridine rings is 1. The van der Waals surface area contributed by atoms with E-state index in [1.807, 2.05) is 34.9 Å². The summed E-state index contributed by atoms with van der Waals surface area (Å²) in [6.07, 6.45) is 3.66. The fourth-order valence-electron chi connectivity index (χ4n) is 3.25. The Morgan fingerprint density at radius 3 is 2.62 bits per heavy atom. The van der Waals surface area contributed by atoms with Crippen molar-refractivity contribution in [3.05, 3.63) is 60.6 Å². The Bertz CT molecular complexity index is 953. The van der Waals surface area contributed by atoms with Crippen LogP contribution in [0.1, 0.15) is 24.6 Å². The van der Waals surface area contributed by atoms with Gasteiger partial charge in [0.05, 0.1) is 4.90 Å². The summed E-state index contributed by atoms with van der Waals surface area (Å²) in [5.41, 5.74) is 0.788. The first kappa shape index (κ1) is 15.3. The van der Waals surface area contributed by atoms with Gasteiger partial charge in [0, 0.05) is 25.2 Å². The number of hydrogen-bond donors (Lipinski definition) is 0. The van der Waals surface area contributed by atoms with E-state index in [0.717, 1.165) is 24.3 Å². The highest BCUT2D eigenvalue weighted by molar-refractivity contribution is 7.89. The lowest BCUT2D eigenvalue weighted by Gasteiger charge is -2.31. The van der Waals surface area contributed by atoms with E-state index in [1.165, 1.54) is 0 Å². The summed E-state index contributed by atoms with van der Waals surface area (Å²) in [5, 5.41) is 8.48. The molecule has 0 unspecified atom stereocenters. The van der Waals surface area contributed by atoms with Crippen LogP contribution in [0.3, 0.4) is 0 Å². The number of sulfonamides is 1. The first-order valence-corrected chi connectivity index (χ1v) is 9.45. The summed E-state index contributed by atoms with van der Waals surface area (Å²) in [5.74, 6) is 0.883. The average Bonchev–Trinajstić information content (AvgIpc) is 3.07. The predicted molar refractivity (Wildman–Crippen MR) is 90.2 cm³/mol. The third kappa shape index (κ3) is 2.59. The molecule has 1 atom stereocenters. The second-order valence-electron chi connectivity index (χ2n) is 6.00. The first-order chi connectivity index (χ1) is 11.7. The van der Waals surface area contributed by atoms with Crippen LogP contribution in [0.5, 0.6) is 0 Å². The summed E-state index contributed by atoms with van der Waals surface area (Å²) in [4.78, 5) is 0.344. The highest BCUT2D eigenvalue weighted by Gasteiger charge is 2.32. The predicted octanol–water partition coefficient (Wildman–Crippen LogP) is 2.30. The fraction of sp³-hybridized carbons (Fsp3) is 0.294. The Balaban J connectivity index is 1.65. The van der Waals surface area contributed by atoms with Gasteiger partial charge in [0.15, 0.2) is 5.65 Å². The third-order valence-corrected chi connectivity index (χ3v) is 6.35. The summed E-state index contributed by atoms with van der Waals surface area (Å²) >= 11 is 0. The molecule has 3 aromatic rings. The molecule has 1 aliphatic rings. The van der Waals surface area contributed by atoms with E-state index >= 15 is 0 Å². The smallest absolute Gasteiger partial charge is 0.243 e. The van der Waals surface area contributed by atoms with Gasteiger partial charge in [-0.1, -0.05) is 24.3 Å². The minimum atomic E-state index is -3.46. The lowest BCUT2D eigenvalue weighted by atomic mass is 9.99. The van der Waals surface area contributed by atoms with Gasteiger partial charge in [0.2, 0.25) is 10.0 Å². The van der Waals surface area contributed by atoms with E-state index in [1.54, 1.807) is 28.6 Å². The molecule has 0 saturated carbocycles. The van der Waals surface area contributed by atoms with E-state index in [0.29, 0.717) is 18.0 Å². The molecule has 2 aromatic heterocycles. The molecule has 1 saturated heterocycles. The lowest BCUT2D eigenvalue weighted by molar-refractivity contribution is 0.308. The molecule has 0 radical (unpaired) electrons. The lowest BCUT2D eigenvalue weighted by Crippen LogP contribution is -2.39. The van der Waals surface area contributed by atoms with Crippen molar-refractivity contribution in [1.82, 2.24) is 18.9 Å². The minimum absolute atomic E-state index is 0.0506. The average molecular weight is 342 g/mol. The Morgan fingerprint density at radius 1 is 1.00 bits per heavy atom. The third-order valence-electron chi connectivity index (χ3n) is 4.47. The van der Waals surface area contributed by atoms with Crippen molar-refractivity contribution >= 4 is 15.7 Å². The molecule has 3 heterocycles. The second kappa shape index (κ2) is 5.99. The molecule has 0 aliphatic carbocycles. The Labute approximate surface area is 140 Å². The van der Waals surface area contributed by atoms with Crippen LogP contribution in [-0.4, -0.2) is 40.4 Å². The number of piperidine rings is 1. The van der Waals surface area contributed by atoms with Crippen molar-refractivity contribution in [3.8, 4) is 0 Å². The van der Waals surface area contributed by atoms with Gasteiger partial charge in [-0.05, 0) is 37.1 Å². The van der Waals surface area contributed by atoms with Crippen molar-refractivity contribution in [2.75, 3.05) is 13.1 Å². The number of hydrogen-bond acceptors (Lipinski definition) is 4. The molecule has 0 spiro atoms. The van der Waals surface area contributed by atoms with Crippen LogP contribution in [0.2, 0.25) is 0 Å². The molecule has 0 N–H and O–H groups in total. The van der Waals surface area contributed by atoms with Gasteiger partial charge >= 0.3 is 0 Å². The number of fused-ring (bicyclic) bond motifs is 1. The standard InChI is InChI=1S/C17H18N4O2S/c22-24(23,15-8-2-1-3-9-15)20-11-6-7-14(13-20)17-19-18-16-10-4-5-12-21(16)17/h1-5,8-10,12,14H,6-7,11,13H2/t14-/m0/s1. The van der Waals surface area contributed by atoms with Crippen molar-refractivity contribution in [3.63, 3.8) is 0 Å². The number of benzene rings is 1. The molecule has 124 valence electrons. The zero-order valence-electron chi connectivity index (χ0n) is 13.1. The zero-order chi connectivity index (χ0) is 16.6. The Morgan fingerprint density at radius 2 is 1.79 bits per heavy atom. The largest absolute Gasteiger partial charge is 0.286 e. The molecule has 1 aromatic carbocycles. The molecule has 0 amide bonds. The van der Waals surface area contributed by atoms with Crippen molar-refractivity contribution in [2.45, 2.75) is 23.7 Å². The van der Waals surface area contributed by atoms with Gasteiger partial charge in [-0.2, -0.15) is 4.31 Å². The minimum Gasteiger partial charge on any atom is -0.286 e. The van der Waals surface area contributed by atoms with Gasteiger partial charge < -0.3 is 0 Å². The number of rotatable bonds is 3. The Kier molecular flexibility index (Phi) is 3.82. The number of aromatic nitrogens is 3. The van der Waals surface area contributed by atoms with E-state index in [9.17, 15) is 8.42 Å². The summed E-state index contributed by atoms with van der Waals surface area (Å²) in [6, 6.07) is 14.4. The summed E-state index contributed by atoms with van der Waals surface area (Å²) in [6.45, 7) is 0.984. The van der Waals surface area contributed by atoms with Crippen LogP contribution >= 0.6 is 0 Å². The summed E-state index contributed by atoms with van der Waals surface area (Å²) in [7, 11) is -3.46. The number of nitrogens with zero attached hydrogens (tertiary/aromatic N) is 4. The molecule has 1 fully saturated rings. The highest BCUT2D eigenvalue weighted by atomic mass is 32.2. The topological polar surface area (TPSA) is 67.6 Å². The van der Waals surface area contributed by atoms with Gasteiger partial charge in [-0.15, -0.1) is 10.2 Å². The van der Waals surface area contributed by atoms with Crippen molar-refractivity contribution in [1.29, 1.82) is 0 Å². The van der Waals surface area contributed by atoms with Crippen LogP contribution < -0.4 is 0 Å². The van der Waals surface area contributed by atoms with Crippen molar-refractivity contribution < 1.29 is 8.42 Å². The molecule has 7 heteroatoms. The fourth-order valence-corrected chi connectivity index (χ4v) is 4.80. The molecule has 0 bridgehead atoms. The van der Waals surface area contributed by atoms with E-state index in [2.05, 4.69) is 10.2 Å². The SMILES string of the molecule is O=S(=O)(c1ccccc1)N1CCC[C@H](c2nnc3ccccn23)C1. The van der Waals surface area contributed by atoms with Gasteiger partial charge in [-0.25, -0.2) is 8.42 Å². The molecule has 1 aliphatic heterocycles. The van der Waals surface area contributed by atoms with Gasteiger partial charge in [0.1, 0.15) is 5.82 Å². The first-order valence-electron chi connectivity index (χ1n) is 8.01. The van der Waals surface area contributed by atoms with Crippen LogP contribution in [-0.2, 0) is 10.0 Å². The highest BCUT2D eigenvalue weighted by Crippen LogP contribution is 2.29. The van der Waals surface area contributed by atoms with E-state index in [4.69, 9.17) is 0 Å². The zero-order valence-corrected chi connectivity index (χ0v) is 13.9. The van der Waals surface area contributed by atoms with E-state index < -0.39 is 10.0 Å². The summed E-state index contributed by atoms with van der Waals surface area (Å²) < 4.78 is 29.2. The van der Waals surface area contributed by atoms with Crippen molar-refractivity contribution in [2.24, 2.45) is 0 Å². The van der Waals surface area contributed by atoms with Crippen LogP contribution in [0, 0.1) is 0 Å². The molecule has 6 nitrogen and oxygen atoms in total. The second-order valence-corrected chi connectivity index (χ2v) is 7.94. The van der Waals surface area contributed by atoms with Crippen LogP contribution in [0.4, 0.5) is 0 Å². The monoisotopic (exact) mass is 342 g/mol. The molecular formula is C17H18N4O2S. The van der Waals surface area contributed by atoms with Crippen LogP contribution in [0.15, 0.2) is 59.6 Å². The van der Waals surface area contributed by atoms with E-state index in [-0.39, 0.29) is 5.92 Å². The molecule has 24 heavy (non-hydrogen) atoms. The maximum Gasteiger partial charge on any atom is 0.243 e. The normalized spacial score (nSPS) is 19.6. The van der Waals surface area contributed by atoms with Gasteiger partial charge in [-0.3, -0.25) is 4.40 Å².